The number of pyridine rings is 1. The Kier molecular flexibility index (Phi) is 3.28. The third-order valence-electron chi connectivity index (χ3n) is 3.15. The van der Waals surface area contributed by atoms with Gasteiger partial charge < -0.3 is 9.84 Å². The van der Waals surface area contributed by atoms with Crippen LogP contribution in [0.15, 0.2) is 54.6 Å². The number of carboxylic acid groups (broad SMARTS) is 1. The van der Waals surface area contributed by atoms with Crippen LogP contribution in [0.25, 0.3) is 10.9 Å². The van der Waals surface area contributed by atoms with Crippen LogP contribution < -0.4 is 4.74 Å². The van der Waals surface area contributed by atoms with E-state index in [1.54, 1.807) is 6.07 Å². The number of nitrogens with zero attached hydrogens (tertiary/aromatic N) is 1. The zero-order valence-corrected chi connectivity index (χ0v) is 11.4. The number of carbonyl (C=O) groups is 1. The Morgan fingerprint density at radius 3 is 2.52 bits per heavy atom. The van der Waals surface area contributed by atoms with Gasteiger partial charge in [0.25, 0.3) is 0 Å². The van der Waals surface area contributed by atoms with Crippen molar-refractivity contribution in [2.24, 2.45) is 0 Å². The fourth-order valence-electron chi connectivity index (χ4n) is 2.07. The van der Waals surface area contributed by atoms with Crippen LogP contribution in [-0.2, 0) is 0 Å². The number of aromatic nitrogens is 1. The molecule has 0 saturated heterocycles. The monoisotopic (exact) mass is 279 g/mol. The lowest BCUT2D eigenvalue weighted by atomic mass is 10.1. The number of hydrogen-bond donors (Lipinski definition) is 1. The van der Waals surface area contributed by atoms with Gasteiger partial charge in [-0.1, -0.05) is 29.8 Å². The van der Waals surface area contributed by atoms with Gasteiger partial charge in [0.2, 0.25) is 0 Å². The smallest absolute Gasteiger partial charge is 0.354 e. The topological polar surface area (TPSA) is 59.4 Å². The summed E-state index contributed by atoms with van der Waals surface area (Å²) < 4.78 is 5.83. The van der Waals surface area contributed by atoms with Crippen LogP contribution in [0.3, 0.4) is 0 Å². The first-order valence-corrected chi connectivity index (χ1v) is 6.51. The summed E-state index contributed by atoms with van der Waals surface area (Å²) in [6.07, 6.45) is 0. The van der Waals surface area contributed by atoms with E-state index >= 15 is 0 Å². The Balaban J connectivity index is 2.11. The third kappa shape index (κ3) is 2.69. The van der Waals surface area contributed by atoms with Crippen LogP contribution in [0.2, 0.25) is 0 Å². The predicted molar refractivity (Wildman–Crippen MR) is 80.0 cm³/mol. The van der Waals surface area contributed by atoms with E-state index in [2.05, 4.69) is 4.98 Å². The molecule has 1 N–H and O–H groups in total. The first-order chi connectivity index (χ1) is 10.1. The average Bonchev–Trinajstić information content (AvgIpc) is 2.49. The molecule has 3 rings (SSSR count). The molecule has 0 unspecified atom stereocenters. The van der Waals surface area contributed by atoms with Gasteiger partial charge in [0.05, 0.1) is 5.52 Å². The second-order valence-corrected chi connectivity index (χ2v) is 4.74. The van der Waals surface area contributed by atoms with Crippen LogP contribution in [0, 0.1) is 6.92 Å². The van der Waals surface area contributed by atoms with E-state index in [1.807, 2.05) is 49.4 Å². The summed E-state index contributed by atoms with van der Waals surface area (Å²) in [6.45, 7) is 1.99. The highest BCUT2D eigenvalue weighted by atomic mass is 16.5. The van der Waals surface area contributed by atoms with Crippen molar-refractivity contribution in [3.8, 4) is 11.5 Å². The van der Waals surface area contributed by atoms with Gasteiger partial charge in [-0.3, -0.25) is 0 Å². The summed E-state index contributed by atoms with van der Waals surface area (Å²) in [5, 5.41) is 9.93. The molecule has 2 aromatic carbocycles. The van der Waals surface area contributed by atoms with Gasteiger partial charge in [-0.15, -0.1) is 0 Å². The Morgan fingerprint density at radius 2 is 1.81 bits per heavy atom. The molecule has 104 valence electrons. The van der Waals surface area contributed by atoms with Crippen molar-refractivity contribution >= 4 is 16.9 Å². The van der Waals surface area contributed by atoms with Gasteiger partial charge in [0, 0.05) is 11.5 Å². The molecule has 0 saturated carbocycles. The summed E-state index contributed by atoms with van der Waals surface area (Å²) in [7, 11) is 0. The molecule has 0 bridgehead atoms. The van der Waals surface area contributed by atoms with Gasteiger partial charge in [0.15, 0.2) is 5.69 Å². The number of para-hydroxylation sites is 1. The largest absolute Gasteiger partial charge is 0.477 e. The van der Waals surface area contributed by atoms with Gasteiger partial charge in [0.1, 0.15) is 11.5 Å². The summed E-state index contributed by atoms with van der Waals surface area (Å²) in [4.78, 5) is 15.3. The fraction of sp³-hybridized carbons (Fsp3) is 0.0588. The lowest BCUT2D eigenvalue weighted by Crippen LogP contribution is -2.01. The van der Waals surface area contributed by atoms with E-state index in [0.29, 0.717) is 17.0 Å². The van der Waals surface area contributed by atoms with E-state index in [1.165, 1.54) is 6.07 Å². The van der Waals surface area contributed by atoms with Crippen molar-refractivity contribution in [3.63, 3.8) is 0 Å². The molecule has 0 spiro atoms. The molecule has 0 aliphatic rings. The SMILES string of the molecule is Cc1ccc(Oc2cc(C(=O)O)nc3ccccc23)cc1. The standard InChI is InChI=1S/C17H13NO3/c1-11-6-8-12(9-7-11)21-16-10-15(17(19)20)18-14-5-3-2-4-13(14)16/h2-10H,1H3,(H,19,20). The first kappa shape index (κ1) is 13.1. The van der Waals surface area contributed by atoms with Crippen molar-refractivity contribution in [2.45, 2.75) is 6.92 Å². The molecule has 3 aromatic rings. The number of fused-ring (bicyclic) bond motifs is 1. The van der Waals surface area contributed by atoms with Gasteiger partial charge >= 0.3 is 5.97 Å². The molecule has 0 aliphatic carbocycles. The Labute approximate surface area is 121 Å². The summed E-state index contributed by atoms with van der Waals surface area (Å²) >= 11 is 0. The van der Waals surface area contributed by atoms with Crippen molar-refractivity contribution in [3.05, 3.63) is 65.9 Å². The van der Waals surface area contributed by atoms with Gasteiger partial charge in [-0.25, -0.2) is 9.78 Å². The number of aromatic carboxylic acids is 1. The van der Waals surface area contributed by atoms with Crippen LogP contribution in [0.4, 0.5) is 0 Å². The van der Waals surface area contributed by atoms with Crippen molar-refractivity contribution in [2.75, 3.05) is 0 Å². The normalized spacial score (nSPS) is 10.5. The number of ether oxygens (including phenoxy) is 1. The maximum atomic E-state index is 11.2. The van der Waals surface area contributed by atoms with Gasteiger partial charge in [-0.05, 0) is 31.2 Å². The molecule has 21 heavy (non-hydrogen) atoms. The molecule has 0 amide bonds. The first-order valence-electron chi connectivity index (χ1n) is 6.51. The maximum absolute atomic E-state index is 11.2. The quantitative estimate of drug-likeness (QED) is 0.786. The maximum Gasteiger partial charge on any atom is 0.354 e. The Morgan fingerprint density at radius 1 is 1.10 bits per heavy atom. The minimum atomic E-state index is -1.07. The van der Waals surface area contributed by atoms with E-state index in [-0.39, 0.29) is 5.69 Å². The number of hydrogen-bond acceptors (Lipinski definition) is 3. The number of aryl methyl sites for hydroxylation is 1. The zero-order chi connectivity index (χ0) is 14.8. The molecule has 4 nitrogen and oxygen atoms in total. The van der Waals surface area contributed by atoms with Crippen molar-refractivity contribution < 1.29 is 14.6 Å². The number of rotatable bonds is 3. The average molecular weight is 279 g/mol. The van der Waals surface area contributed by atoms with E-state index < -0.39 is 5.97 Å². The highest BCUT2D eigenvalue weighted by molar-refractivity contribution is 5.93. The summed E-state index contributed by atoms with van der Waals surface area (Å²) in [5.41, 5.74) is 1.70. The molecule has 1 heterocycles. The van der Waals surface area contributed by atoms with E-state index in [4.69, 9.17) is 9.84 Å². The van der Waals surface area contributed by atoms with Crippen molar-refractivity contribution in [1.29, 1.82) is 0 Å². The van der Waals surface area contributed by atoms with E-state index in [9.17, 15) is 4.79 Å². The number of carboxylic acids is 1. The summed E-state index contributed by atoms with van der Waals surface area (Å²) in [5.74, 6) is 0.0738. The zero-order valence-electron chi connectivity index (χ0n) is 11.4. The molecule has 0 aliphatic heterocycles. The molecule has 0 radical (unpaired) electrons. The lowest BCUT2D eigenvalue weighted by Gasteiger charge is -2.10. The molecule has 0 fully saturated rings. The van der Waals surface area contributed by atoms with Crippen LogP contribution in [0.1, 0.15) is 16.1 Å². The fourth-order valence-corrected chi connectivity index (χ4v) is 2.07. The van der Waals surface area contributed by atoms with Crippen LogP contribution in [0.5, 0.6) is 11.5 Å². The molecule has 4 heteroatoms. The molecule has 1 aromatic heterocycles. The second-order valence-electron chi connectivity index (χ2n) is 4.74. The second kappa shape index (κ2) is 5.25. The predicted octanol–water partition coefficient (Wildman–Crippen LogP) is 4.03. The van der Waals surface area contributed by atoms with Crippen LogP contribution >= 0.6 is 0 Å². The highest BCUT2D eigenvalue weighted by Crippen LogP contribution is 2.30. The van der Waals surface area contributed by atoms with E-state index in [0.717, 1.165) is 10.9 Å². The molecular formula is C17H13NO3. The Hall–Kier alpha value is -2.88. The molecule has 0 atom stereocenters. The van der Waals surface area contributed by atoms with Crippen molar-refractivity contribution in [1.82, 2.24) is 4.98 Å². The summed E-state index contributed by atoms with van der Waals surface area (Å²) in [6, 6.07) is 16.3. The lowest BCUT2D eigenvalue weighted by molar-refractivity contribution is 0.0690. The highest BCUT2D eigenvalue weighted by Gasteiger charge is 2.12. The third-order valence-corrected chi connectivity index (χ3v) is 3.15. The number of benzene rings is 2. The minimum absolute atomic E-state index is 0.0317. The van der Waals surface area contributed by atoms with Crippen LogP contribution in [-0.4, -0.2) is 16.1 Å². The molecular weight excluding hydrogens is 266 g/mol. The minimum Gasteiger partial charge on any atom is -0.477 e. The Bertz CT molecular complexity index is 810. The van der Waals surface area contributed by atoms with Gasteiger partial charge in [-0.2, -0.15) is 0 Å².